The summed E-state index contributed by atoms with van der Waals surface area (Å²) in [4.78, 5) is 27.1. The van der Waals surface area contributed by atoms with Gasteiger partial charge in [0, 0.05) is 11.1 Å². The van der Waals surface area contributed by atoms with Crippen LogP contribution in [0.2, 0.25) is 0 Å². The molecule has 0 bridgehead atoms. The molecule has 6 heteroatoms. The number of hydrogen-bond acceptors (Lipinski definition) is 4. The highest BCUT2D eigenvalue weighted by Crippen LogP contribution is 2.21. The molecule has 0 N–H and O–H groups in total. The lowest BCUT2D eigenvalue weighted by Crippen LogP contribution is -2.32. The SMILES string of the molecule is [B]n1c(=O)oc2ccc(C(C)(C)C)nc2c1=O. The van der Waals surface area contributed by atoms with Gasteiger partial charge in [-0.25, -0.2) is 9.78 Å². The summed E-state index contributed by atoms with van der Waals surface area (Å²) in [6.07, 6.45) is 0. The molecule has 2 heterocycles. The number of fused-ring (bicyclic) bond motifs is 1. The first-order valence-corrected chi connectivity index (χ1v) is 5.13. The fourth-order valence-corrected chi connectivity index (χ4v) is 1.44. The van der Waals surface area contributed by atoms with Gasteiger partial charge in [-0.15, -0.1) is 0 Å². The van der Waals surface area contributed by atoms with Gasteiger partial charge in [0.2, 0.25) is 7.98 Å². The van der Waals surface area contributed by atoms with Gasteiger partial charge in [-0.2, -0.15) is 0 Å². The molecule has 0 saturated carbocycles. The van der Waals surface area contributed by atoms with Gasteiger partial charge >= 0.3 is 5.76 Å². The summed E-state index contributed by atoms with van der Waals surface area (Å²) in [5.41, 5.74) is 0.100. The van der Waals surface area contributed by atoms with Gasteiger partial charge in [0.05, 0.1) is 0 Å². The maximum atomic E-state index is 11.7. The molecule has 5 nitrogen and oxygen atoms in total. The van der Waals surface area contributed by atoms with Crippen molar-refractivity contribution in [2.75, 3.05) is 0 Å². The molecule has 0 aliphatic heterocycles. The summed E-state index contributed by atoms with van der Waals surface area (Å²) >= 11 is 0. The molecule has 0 spiro atoms. The molecular weight excluding hydrogens is 219 g/mol. The zero-order valence-corrected chi connectivity index (χ0v) is 9.85. The highest BCUT2D eigenvalue weighted by Gasteiger charge is 2.17. The molecule has 17 heavy (non-hydrogen) atoms. The van der Waals surface area contributed by atoms with Crippen molar-refractivity contribution < 1.29 is 4.42 Å². The zero-order valence-electron chi connectivity index (χ0n) is 9.85. The van der Waals surface area contributed by atoms with Gasteiger partial charge in [0.15, 0.2) is 11.1 Å². The maximum absolute atomic E-state index is 11.7. The molecule has 0 fully saturated rings. The Kier molecular flexibility index (Phi) is 2.45. The monoisotopic (exact) mass is 230 g/mol. The lowest BCUT2D eigenvalue weighted by Gasteiger charge is -2.17. The van der Waals surface area contributed by atoms with Crippen molar-refractivity contribution in [1.82, 2.24) is 9.46 Å². The van der Waals surface area contributed by atoms with Crippen molar-refractivity contribution in [3.05, 3.63) is 38.7 Å². The van der Waals surface area contributed by atoms with Crippen molar-refractivity contribution in [3.8, 4) is 0 Å². The average molecular weight is 230 g/mol. The smallest absolute Gasteiger partial charge is 0.408 e. The van der Waals surface area contributed by atoms with Crippen LogP contribution in [0.3, 0.4) is 0 Å². The van der Waals surface area contributed by atoms with E-state index in [4.69, 9.17) is 12.4 Å². The van der Waals surface area contributed by atoms with Crippen molar-refractivity contribution in [3.63, 3.8) is 0 Å². The Balaban J connectivity index is 2.88. The Morgan fingerprint density at radius 1 is 1.29 bits per heavy atom. The fourth-order valence-electron chi connectivity index (χ4n) is 1.44. The first kappa shape index (κ1) is 11.6. The normalized spacial score (nSPS) is 11.9. The summed E-state index contributed by atoms with van der Waals surface area (Å²) in [6, 6.07) is 3.29. The van der Waals surface area contributed by atoms with Gasteiger partial charge in [-0.3, -0.25) is 4.79 Å². The van der Waals surface area contributed by atoms with E-state index in [-0.39, 0.29) is 16.5 Å². The van der Waals surface area contributed by atoms with Crippen LogP contribution in [0.5, 0.6) is 0 Å². The predicted molar refractivity (Wildman–Crippen MR) is 64.4 cm³/mol. The maximum Gasteiger partial charge on any atom is 0.408 e. The second kappa shape index (κ2) is 3.58. The quantitative estimate of drug-likeness (QED) is 0.621. The molecule has 0 aliphatic carbocycles. The van der Waals surface area contributed by atoms with Gasteiger partial charge in [-0.1, -0.05) is 20.8 Å². The Hall–Kier alpha value is -1.85. The Morgan fingerprint density at radius 3 is 2.53 bits per heavy atom. The molecule has 0 atom stereocenters. The molecule has 0 aromatic carbocycles. The van der Waals surface area contributed by atoms with Crippen LogP contribution in [-0.2, 0) is 5.41 Å². The number of pyridine rings is 1. The van der Waals surface area contributed by atoms with Crippen molar-refractivity contribution in [1.29, 1.82) is 0 Å². The Bertz CT molecular complexity index is 694. The molecule has 2 radical (unpaired) electrons. The fraction of sp³-hybridized carbons (Fsp3) is 0.364. The van der Waals surface area contributed by atoms with Crippen molar-refractivity contribution in [2.24, 2.45) is 0 Å². The molecule has 2 aromatic rings. The Morgan fingerprint density at radius 2 is 1.94 bits per heavy atom. The largest absolute Gasteiger partial charge is 0.408 e. The number of aromatic nitrogens is 2. The molecule has 0 aliphatic rings. The van der Waals surface area contributed by atoms with Gasteiger partial charge in [-0.05, 0) is 12.1 Å². The van der Waals surface area contributed by atoms with Crippen LogP contribution in [0.1, 0.15) is 26.5 Å². The molecule has 0 unspecified atom stereocenters. The minimum Gasteiger partial charge on any atom is -0.408 e. The number of rotatable bonds is 0. The zero-order chi connectivity index (χ0) is 12.8. The summed E-state index contributed by atoms with van der Waals surface area (Å²) in [5, 5.41) is 0. The standard InChI is InChI=1S/C11H11BN2O3/c1-11(2,3)7-5-4-6-8(13-7)9(15)14(12)10(16)17-6/h4-5H,1-3H3. The highest BCUT2D eigenvalue weighted by molar-refractivity contribution is 6.06. The summed E-state index contributed by atoms with van der Waals surface area (Å²) in [5.74, 6) is -0.896. The predicted octanol–water partition coefficient (Wildman–Crippen LogP) is 0.579. The summed E-state index contributed by atoms with van der Waals surface area (Å²) in [6.45, 7) is 5.92. The first-order valence-electron chi connectivity index (χ1n) is 5.13. The lowest BCUT2D eigenvalue weighted by atomic mass is 9.91. The van der Waals surface area contributed by atoms with Gasteiger partial charge in [0.25, 0.3) is 5.56 Å². The van der Waals surface area contributed by atoms with E-state index in [0.29, 0.717) is 4.48 Å². The van der Waals surface area contributed by atoms with E-state index in [0.717, 1.165) is 5.69 Å². The molecular formula is C11H11BN2O3. The summed E-state index contributed by atoms with van der Waals surface area (Å²) in [7, 11) is 5.26. The third-order valence-electron chi connectivity index (χ3n) is 2.44. The number of hydrogen-bond donors (Lipinski definition) is 0. The number of nitrogens with zero attached hydrogens (tertiary/aromatic N) is 2. The van der Waals surface area contributed by atoms with Gasteiger partial charge < -0.3 is 8.90 Å². The second-order valence-corrected chi connectivity index (χ2v) is 4.84. The molecule has 2 rings (SSSR count). The van der Waals surface area contributed by atoms with E-state index in [1.54, 1.807) is 12.1 Å². The van der Waals surface area contributed by atoms with Crippen LogP contribution < -0.4 is 11.3 Å². The third-order valence-corrected chi connectivity index (χ3v) is 2.44. The first-order chi connectivity index (χ1) is 7.80. The van der Waals surface area contributed by atoms with Crippen molar-refractivity contribution in [2.45, 2.75) is 26.2 Å². The van der Waals surface area contributed by atoms with Crippen LogP contribution in [0.25, 0.3) is 11.1 Å². The van der Waals surface area contributed by atoms with E-state index in [1.165, 1.54) is 0 Å². The lowest BCUT2D eigenvalue weighted by molar-refractivity contribution is 0.512. The van der Waals surface area contributed by atoms with Crippen LogP contribution in [0, 0.1) is 0 Å². The van der Waals surface area contributed by atoms with E-state index in [1.807, 2.05) is 20.8 Å². The molecule has 86 valence electrons. The van der Waals surface area contributed by atoms with E-state index in [2.05, 4.69) is 4.98 Å². The summed E-state index contributed by atoms with van der Waals surface area (Å²) < 4.78 is 5.28. The molecule has 2 aromatic heterocycles. The van der Waals surface area contributed by atoms with Crippen LogP contribution in [-0.4, -0.2) is 17.4 Å². The van der Waals surface area contributed by atoms with Gasteiger partial charge in [0.1, 0.15) is 0 Å². The highest BCUT2D eigenvalue weighted by atomic mass is 16.4. The van der Waals surface area contributed by atoms with E-state index < -0.39 is 11.3 Å². The minimum absolute atomic E-state index is 0.0690. The average Bonchev–Trinajstić information content (AvgIpc) is 2.24. The van der Waals surface area contributed by atoms with Crippen LogP contribution in [0.15, 0.2) is 26.1 Å². The Labute approximate surface area is 98.5 Å². The minimum atomic E-state index is -0.896. The molecule has 0 saturated heterocycles. The van der Waals surface area contributed by atoms with Crippen LogP contribution in [0.4, 0.5) is 0 Å². The second-order valence-electron chi connectivity index (χ2n) is 4.84. The topological polar surface area (TPSA) is 65.1 Å². The molecule has 0 amide bonds. The third kappa shape index (κ3) is 1.90. The van der Waals surface area contributed by atoms with Crippen molar-refractivity contribution >= 4 is 19.1 Å². The van der Waals surface area contributed by atoms with E-state index in [9.17, 15) is 9.59 Å². The van der Waals surface area contributed by atoms with Crippen LogP contribution >= 0.6 is 0 Å². The van der Waals surface area contributed by atoms with E-state index >= 15 is 0 Å².